The lowest BCUT2D eigenvalue weighted by Crippen LogP contribution is -2.36. The Morgan fingerprint density at radius 3 is 2.91 bits per heavy atom. The van der Waals surface area contributed by atoms with E-state index in [0.29, 0.717) is 19.1 Å². The maximum Gasteiger partial charge on any atom is 0.251 e. The van der Waals surface area contributed by atoms with Gasteiger partial charge in [-0.25, -0.2) is 0 Å². The highest BCUT2D eigenvalue weighted by Crippen LogP contribution is 2.14. The van der Waals surface area contributed by atoms with Crippen LogP contribution in [-0.4, -0.2) is 42.2 Å². The maximum atomic E-state index is 12.4. The highest BCUT2D eigenvalue weighted by atomic mass is 16.5. The molecule has 1 aromatic heterocycles. The minimum atomic E-state index is -0.148. The highest BCUT2D eigenvalue weighted by Gasteiger charge is 2.20. The van der Waals surface area contributed by atoms with Gasteiger partial charge in [0.25, 0.3) is 5.56 Å². The van der Waals surface area contributed by atoms with Crippen molar-refractivity contribution in [3.63, 3.8) is 0 Å². The number of carbonyl (C=O) groups excluding carboxylic acids is 1. The number of para-hydroxylation sites is 1. The molecule has 1 aliphatic heterocycles. The van der Waals surface area contributed by atoms with Crippen LogP contribution in [-0.2, 0) is 16.1 Å². The number of carbonyl (C=O) groups is 1. The van der Waals surface area contributed by atoms with Crippen molar-refractivity contribution in [3.05, 3.63) is 46.8 Å². The number of benzene rings is 1. The number of hydrogen-bond donors (Lipinski definition) is 0. The topological polar surface area (TPSA) is 51.5 Å². The third kappa shape index (κ3) is 3.04. The molecule has 0 radical (unpaired) electrons. The van der Waals surface area contributed by atoms with Crippen LogP contribution < -0.4 is 5.56 Å². The van der Waals surface area contributed by atoms with E-state index in [4.69, 9.17) is 4.74 Å². The normalized spacial score (nSPS) is 17.8. The van der Waals surface area contributed by atoms with Gasteiger partial charge >= 0.3 is 0 Å². The van der Waals surface area contributed by atoms with Gasteiger partial charge in [0.1, 0.15) is 6.54 Å². The van der Waals surface area contributed by atoms with Crippen molar-refractivity contribution in [1.29, 1.82) is 0 Å². The Kier molecular flexibility index (Phi) is 4.24. The average molecular weight is 300 g/mol. The highest BCUT2D eigenvalue weighted by molar-refractivity contribution is 5.82. The molecule has 1 amide bonds. The molecule has 0 N–H and O–H groups in total. The van der Waals surface area contributed by atoms with Crippen molar-refractivity contribution < 1.29 is 9.53 Å². The largest absolute Gasteiger partial charge is 0.381 e. The molecule has 0 aliphatic carbocycles. The smallest absolute Gasteiger partial charge is 0.251 e. The molecule has 1 saturated heterocycles. The van der Waals surface area contributed by atoms with E-state index in [1.165, 1.54) is 6.07 Å². The molecule has 116 valence electrons. The summed E-state index contributed by atoms with van der Waals surface area (Å²) >= 11 is 0. The van der Waals surface area contributed by atoms with Gasteiger partial charge in [-0.2, -0.15) is 0 Å². The zero-order chi connectivity index (χ0) is 15.5. The van der Waals surface area contributed by atoms with Crippen LogP contribution in [0.1, 0.15) is 6.42 Å². The molecule has 1 fully saturated rings. The van der Waals surface area contributed by atoms with E-state index in [1.54, 1.807) is 22.6 Å². The fraction of sp³-hybridized carbons (Fsp3) is 0.412. The van der Waals surface area contributed by atoms with Gasteiger partial charge in [0.05, 0.1) is 12.1 Å². The van der Waals surface area contributed by atoms with Crippen molar-refractivity contribution in [2.24, 2.45) is 5.92 Å². The minimum Gasteiger partial charge on any atom is -0.381 e. The molecule has 0 spiro atoms. The van der Waals surface area contributed by atoms with E-state index in [1.807, 2.05) is 24.3 Å². The van der Waals surface area contributed by atoms with Gasteiger partial charge in [0.15, 0.2) is 0 Å². The molecule has 5 heteroatoms. The van der Waals surface area contributed by atoms with Crippen molar-refractivity contribution >= 4 is 16.8 Å². The van der Waals surface area contributed by atoms with E-state index >= 15 is 0 Å². The van der Waals surface area contributed by atoms with Gasteiger partial charge in [-0.05, 0) is 23.9 Å². The fourth-order valence-corrected chi connectivity index (χ4v) is 2.88. The lowest BCUT2D eigenvalue weighted by molar-refractivity contribution is -0.131. The van der Waals surface area contributed by atoms with Crippen LogP contribution in [0.25, 0.3) is 10.9 Å². The van der Waals surface area contributed by atoms with Crippen molar-refractivity contribution in [3.8, 4) is 0 Å². The van der Waals surface area contributed by atoms with Crippen LogP contribution in [0, 0.1) is 5.92 Å². The number of amides is 1. The zero-order valence-corrected chi connectivity index (χ0v) is 12.7. The minimum absolute atomic E-state index is 0.0506. The third-order valence-electron chi connectivity index (χ3n) is 4.17. The number of hydrogen-bond acceptors (Lipinski definition) is 3. The molecule has 0 saturated carbocycles. The first-order valence-electron chi connectivity index (χ1n) is 7.55. The summed E-state index contributed by atoms with van der Waals surface area (Å²) in [6, 6.07) is 10.9. The number of rotatable bonds is 4. The monoisotopic (exact) mass is 300 g/mol. The standard InChI is InChI=1S/C17H20N2O3/c1-18(10-13-8-9-22-12-13)17(21)11-19-15-5-3-2-4-14(15)6-7-16(19)20/h2-7,13H,8-12H2,1H3/t13-/m1/s1. The lowest BCUT2D eigenvalue weighted by atomic mass is 10.1. The summed E-state index contributed by atoms with van der Waals surface area (Å²) in [7, 11) is 1.79. The Morgan fingerprint density at radius 2 is 2.14 bits per heavy atom. The second kappa shape index (κ2) is 6.32. The number of nitrogens with zero attached hydrogens (tertiary/aromatic N) is 2. The first-order chi connectivity index (χ1) is 10.6. The van der Waals surface area contributed by atoms with E-state index in [9.17, 15) is 9.59 Å². The molecule has 0 unspecified atom stereocenters. The van der Waals surface area contributed by atoms with Crippen LogP contribution >= 0.6 is 0 Å². The number of aromatic nitrogens is 1. The van der Waals surface area contributed by atoms with Gasteiger partial charge in [0, 0.05) is 32.2 Å². The van der Waals surface area contributed by atoms with E-state index in [-0.39, 0.29) is 18.0 Å². The fourth-order valence-electron chi connectivity index (χ4n) is 2.88. The predicted molar refractivity (Wildman–Crippen MR) is 84.8 cm³/mol. The Morgan fingerprint density at radius 1 is 1.32 bits per heavy atom. The quantitative estimate of drug-likeness (QED) is 0.860. The number of likely N-dealkylation sites (N-methyl/N-ethyl adjacent to an activating group) is 1. The SMILES string of the molecule is CN(C[C@H]1CCOC1)C(=O)Cn1c(=O)ccc2ccccc21. The van der Waals surface area contributed by atoms with Crippen LogP contribution in [0.3, 0.4) is 0 Å². The molecule has 5 nitrogen and oxygen atoms in total. The molecule has 3 rings (SSSR count). The van der Waals surface area contributed by atoms with Crippen LogP contribution in [0.4, 0.5) is 0 Å². The van der Waals surface area contributed by atoms with E-state index in [0.717, 1.165) is 23.9 Å². The summed E-state index contributed by atoms with van der Waals surface area (Å²) in [5.41, 5.74) is 0.644. The molecule has 1 aromatic carbocycles. The summed E-state index contributed by atoms with van der Waals surface area (Å²) in [5, 5.41) is 0.960. The molecule has 1 atom stereocenters. The Labute approximate surface area is 129 Å². The molecular weight excluding hydrogens is 280 g/mol. The summed E-state index contributed by atoms with van der Waals surface area (Å²) < 4.78 is 6.88. The predicted octanol–water partition coefficient (Wildman–Crippen LogP) is 1.50. The molecule has 1 aliphatic rings. The first kappa shape index (κ1) is 14.8. The Hall–Kier alpha value is -2.14. The van der Waals surface area contributed by atoms with Gasteiger partial charge in [0.2, 0.25) is 5.91 Å². The molecule has 2 heterocycles. The molecular formula is C17H20N2O3. The van der Waals surface area contributed by atoms with Gasteiger partial charge < -0.3 is 9.64 Å². The molecule has 22 heavy (non-hydrogen) atoms. The second-order valence-corrected chi connectivity index (χ2v) is 5.82. The third-order valence-corrected chi connectivity index (χ3v) is 4.17. The van der Waals surface area contributed by atoms with E-state index in [2.05, 4.69) is 0 Å². The van der Waals surface area contributed by atoms with Crippen molar-refractivity contribution in [2.75, 3.05) is 26.8 Å². The second-order valence-electron chi connectivity index (χ2n) is 5.82. The molecule has 0 bridgehead atoms. The Balaban J connectivity index is 1.78. The first-order valence-corrected chi connectivity index (χ1v) is 7.55. The summed E-state index contributed by atoms with van der Waals surface area (Å²) in [6.45, 7) is 2.24. The van der Waals surface area contributed by atoms with Crippen LogP contribution in [0.2, 0.25) is 0 Å². The Bertz CT molecular complexity index is 732. The lowest BCUT2D eigenvalue weighted by Gasteiger charge is -2.21. The van der Waals surface area contributed by atoms with Crippen molar-refractivity contribution in [2.45, 2.75) is 13.0 Å². The maximum absolute atomic E-state index is 12.4. The summed E-state index contributed by atoms with van der Waals surface area (Å²) in [6.07, 6.45) is 0.992. The van der Waals surface area contributed by atoms with E-state index < -0.39 is 0 Å². The summed E-state index contributed by atoms with van der Waals surface area (Å²) in [4.78, 5) is 26.2. The van der Waals surface area contributed by atoms with Crippen LogP contribution in [0.15, 0.2) is 41.2 Å². The summed E-state index contributed by atoms with van der Waals surface area (Å²) in [5.74, 6) is 0.351. The number of ether oxygens (including phenoxy) is 1. The number of fused-ring (bicyclic) bond motifs is 1. The molecule has 2 aromatic rings. The van der Waals surface area contributed by atoms with Crippen LogP contribution in [0.5, 0.6) is 0 Å². The zero-order valence-electron chi connectivity index (χ0n) is 12.7. The van der Waals surface area contributed by atoms with Gasteiger partial charge in [-0.1, -0.05) is 18.2 Å². The van der Waals surface area contributed by atoms with Gasteiger partial charge in [-0.3, -0.25) is 14.2 Å². The number of pyridine rings is 1. The average Bonchev–Trinajstić information content (AvgIpc) is 3.03. The van der Waals surface area contributed by atoms with Gasteiger partial charge in [-0.15, -0.1) is 0 Å². The van der Waals surface area contributed by atoms with Crippen molar-refractivity contribution in [1.82, 2.24) is 9.47 Å².